The number of carbonyl (C=O) groups is 1. The summed E-state index contributed by atoms with van der Waals surface area (Å²) in [6.07, 6.45) is -7.68. The topological polar surface area (TPSA) is 111 Å². The SMILES string of the molecule is O=C(O)C(F)(F)F.O=S(=O)(Nc1cccc2c1CCN2)c1c[nH]c2cc(C(F)(F)F)ccc12. The number of aliphatic carboxylic acids is 1. The maximum Gasteiger partial charge on any atom is 0.490 e. The second-order valence-electron chi connectivity index (χ2n) is 6.83. The highest BCUT2D eigenvalue weighted by molar-refractivity contribution is 7.93. The molecule has 2 heterocycles. The van der Waals surface area contributed by atoms with Crippen molar-refractivity contribution in [2.75, 3.05) is 16.6 Å². The molecule has 0 aliphatic carbocycles. The molecule has 33 heavy (non-hydrogen) atoms. The molecule has 0 amide bonds. The summed E-state index contributed by atoms with van der Waals surface area (Å²) in [7, 11) is -3.96. The van der Waals surface area contributed by atoms with Gasteiger partial charge in [0.2, 0.25) is 0 Å². The molecule has 4 rings (SSSR count). The highest BCUT2D eigenvalue weighted by Crippen LogP contribution is 2.34. The summed E-state index contributed by atoms with van der Waals surface area (Å²) in [5.74, 6) is -2.76. The van der Waals surface area contributed by atoms with Crippen molar-refractivity contribution >= 4 is 38.3 Å². The van der Waals surface area contributed by atoms with Crippen LogP contribution in [0.1, 0.15) is 11.1 Å². The lowest BCUT2D eigenvalue weighted by Crippen LogP contribution is -2.21. The van der Waals surface area contributed by atoms with Gasteiger partial charge in [0.1, 0.15) is 4.90 Å². The molecule has 0 bridgehead atoms. The average Bonchev–Trinajstić information content (AvgIpc) is 3.34. The first kappa shape index (κ1) is 24.2. The van der Waals surface area contributed by atoms with Crippen LogP contribution in [0.4, 0.5) is 37.7 Å². The molecule has 1 aliphatic heterocycles. The normalized spacial score (nSPS) is 13.6. The number of anilines is 2. The minimum absolute atomic E-state index is 0.0928. The van der Waals surface area contributed by atoms with Gasteiger partial charge in [0.25, 0.3) is 10.0 Å². The van der Waals surface area contributed by atoms with Crippen LogP contribution in [-0.4, -0.2) is 37.2 Å². The molecule has 0 atom stereocenters. The van der Waals surface area contributed by atoms with E-state index in [2.05, 4.69) is 15.0 Å². The summed E-state index contributed by atoms with van der Waals surface area (Å²) in [5, 5.41) is 10.5. The standard InChI is InChI=1S/C17H14F3N3O2S.C2HF3O2/c18-17(19,20)10-4-5-12-15(8-10)22-9-16(12)26(24,25)23-14-3-1-2-13-11(14)6-7-21-13;3-2(4,5)1(6)7/h1-5,8-9,21-23H,6-7H2;(H,6,7). The summed E-state index contributed by atoms with van der Waals surface area (Å²) in [6.45, 7) is 0.724. The third kappa shape index (κ3) is 5.32. The third-order valence-electron chi connectivity index (χ3n) is 4.61. The van der Waals surface area contributed by atoms with E-state index >= 15 is 0 Å². The Balaban J connectivity index is 0.000000383. The summed E-state index contributed by atoms with van der Waals surface area (Å²) >= 11 is 0. The van der Waals surface area contributed by atoms with Crippen LogP contribution in [0.2, 0.25) is 0 Å². The van der Waals surface area contributed by atoms with Crippen molar-refractivity contribution in [3.05, 3.63) is 53.7 Å². The average molecular weight is 495 g/mol. The van der Waals surface area contributed by atoms with Gasteiger partial charge in [-0.15, -0.1) is 0 Å². The second kappa shape index (κ2) is 8.50. The maximum absolute atomic E-state index is 12.8. The number of carboxylic acids is 1. The number of nitrogens with one attached hydrogen (secondary N) is 3. The molecular weight excluding hydrogens is 480 g/mol. The lowest BCUT2D eigenvalue weighted by Gasteiger charge is -2.11. The van der Waals surface area contributed by atoms with Crippen molar-refractivity contribution in [3.8, 4) is 0 Å². The van der Waals surface area contributed by atoms with E-state index in [-0.39, 0.29) is 15.8 Å². The van der Waals surface area contributed by atoms with Crippen LogP contribution >= 0.6 is 0 Å². The number of fused-ring (bicyclic) bond motifs is 2. The quantitative estimate of drug-likeness (QED) is 0.398. The number of alkyl halides is 6. The largest absolute Gasteiger partial charge is 0.490 e. The molecule has 4 N–H and O–H groups in total. The first-order valence-corrected chi connectivity index (χ1v) is 10.6. The number of carboxylic acid groups (broad SMARTS) is 1. The van der Waals surface area contributed by atoms with Crippen molar-refractivity contribution in [2.45, 2.75) is 23.7 Å². The fourth-order valence-electron chi connectivity index (χ4n) is 3.14. The molecule has 0 unspecified atom stereocenters. The Kier molecular flexibility index (Phi) is 6.24. The van der Waals surface area contributed by atoms with Crippen LogP contribution in [0.15, 0.2) is 47.5 Å². The number of rotatable bonds is 3. The maximum atomic E-state index is 12.8. The van der Waals surface area contributed by atoms with Gasteiger partial charge in [-0.3, -0.25) is 4.72 Å². The summed E-state index contributed by atoms with van der Waals surface area (Å²) in [6, 6.07) is 8.21. The van der Waals surface area contributed by atoms with Crippen molar-refractivity contribution in [1.29, 1.82) is 0 Å². The van der Waals surface area contributed by atoms with E-state index < -0.39 is 33.9 Å². The second-order valence-corrected chi connectivity index (χ2v) is 8.48. The number of hydrogen-bond acceptors (Lipinski definition) is 4. The lowest BCUT2D eigenvalue weighted by atomic mass is 10.1. The van der Waals surface area contributed by atoms with Crippen LogP contribution in [0.5, 0.6) is 0 Å². The fraction of sp³-hybridized carbons (Fsp3) is 0.211. The van der Waals surface area contributed by atoms with E-state index in [0.29, 0.717) is 12.1 Å². The van der Waals surface area contributed by atoms with Crippen molar-refractivity contribution in [1.82, 2.24) is 4.98 Å². The van der Waals surface area contributed by atoms with Crippen LogP contribution < -0.4 is 10.0 Å². The van der Waals surface area contributed by atoms with Crippen molar-refractivity contribution < 1.29 is 44.7 Å². The molecule has 2 aromatic carbocycles. The molecule has 14 heteroatoms. The van der Waals surface area contributed by atoms with Gasteiger partial charge in [-0.1, -0.05) is 12.1 Å². The van der Waals surface area contributed by atoms with E-state index in [0.717, 1.165) is 29.9 Å². The number of benzene rings is 2. The molecule has 7 nitrogen and oxygen atoms in total. The molecule has 1 aliphatic rings. The van der Waals surface area contributed by atoms with E-state index in [1.165, 1.54) is 12.3 Å². The summed E-state index contributed by atoms with van der Waals surface area (Å²) in [4.78, 5) is 11.4. The number of sulfonamides is 1. The molecule has 178 valence electrons. The smallest absolute Gasteiger partial charge is 0.475 e. The third-order valence-corrected chi connectivity index (χ3v) is 6.02. The van der Waals surface area contributed by atoms with Crippen LogP contribution in [0.25, 0.3) is 10.9 Å². The van der Waals surface area contributed by atoms with Gasteiger partial charge in [0, 0.05) is 34.9 Å². The van der Waals surface area contributed by atoms with Crippen LogP contribution in [-0.2, 0) is 27.4 Å². The first-order valence-electron chi connectivity index (χ1n) is 9.07. The number of halogens is 6. The Morgan fingerprint density at radius 2 is 1.73 bits per heavy atom. The number of aromatic nitrogens is 1. The molecule has 0 saturated carbocycles. The molecule has 0 radical (unpaired) electrons. The van der Waals surface area contributed by atoms with E-state index in [1.54, 1.807) is 12.1 Å². The minimum Gasteiger partial charge on any atom is -0.475 e. The summed E-state index contributed by atoms with van der Waals surface area (Å²) < 4.78 is 98.3. The van der Waals surface area contributed by atoms with E-state index in [1.807, 2.05) is 6.07 Å². The zero-order valence-corrected chi connectivity index (χ0v) is 17.1. The minimum atomic E-state index is -5.08. The molecule has 0 fully saturated rings. The van der Waals surface area contributed by atoms with Gasteiger partial charge >= 0.3 is 18.3 Å². The first-order chi connectivity index (χ1) is 15.2. The Hall–Kier alpha value is -3.42. The molecule has 0 spiro atoms. The lowest BCUT2D eigenvalue weighted by molar-refractivity contribution is -0.192. The van der Waals surface area contributed by atoms with Gasteiger partial charge < -0.3 is 15.4 Å². The molecule has 1 aromatic heterocycles. The fourth-order valence-corrected chi connectivity index (χ4v) is 4.41. The van der Waals surface area contributed by atoms with Gasteiger partial charge in [0.05, 0.1) is 11.3 Å². The predicted molar refractivity (Wildman–Crippen MR) is 106 cm³/mol. The Bertz CT molecular complexity index is 1300. The van der Waals surface area contributed by atoms with Crippen LogP contribution in [0, 0.1) is 0 Å². The number of aromatic amines is 1. The zero-order chi connectivity index (χ0) is 24.6. The molecule has 3 aromatic rings. The highest BCUT2D eigenvalue weighted by Gasteiger charge is 2.38. The van der Waals surface area contributed by atoms with Crippen molar-refractivity contribution in [3.63, 3.8) is 0 Å². The number of hydrogen-bond donors (Lipinski definition) is 4. The Morgan fingerprint density at radius 1 is 1.06 bits per heavy atom. The number of H-pyrrole nitrogens is 1. The van der Waals surface area contributed by atoms with Crippen LogP contribution in [0.3, 0.4) is 0 Å². The van der Waals surface area contributed by atoms with Crippen molar-refractivity contribution in [2.24, 2.45) is 0 Å². The van der Waals surface area contributed by atoms with Gasteiger partial charge in [0.15, 0.2) is 0 Å². The molecular formula is C19H15F6N3O4S. The summed E-state index contributed by atoms with van der Waals surface area (Å²) in [5.41, 5.74) is 1.49. The predicted octanol–water partition coefficient (Wildman–Crippen LogP) is 4.59. The highest BCUT2D eigenvalue weighted by atomic mass is 32.2. The zero-order valence-electron chi connectivity index (χ0n) is 16.3. The molecule has 0 saturated heterocycles. The monoisotopic (exact) mass is 495 g/mol. The van der Waals surface area contributed by atoms with Gasteiger partial charge in [-0.2, -0.15) is 26.3 Å². The van der Waals surface area contributed by atoms with E-state index in [4.69, 9.17) is 9.90 Å². The van der Waals surface area contributed by atoms with E-state index in [9.17, 15) is 34.8 Å². The van der Waals surface area contributed by atoms with Gasteiger partial charge in [-0.25, -0.2) is 13.2 Å². The Labute approximate surface area is 182 Å². The van der Waals surface area contributed by atoms with Gasteiger partial charge in [-0.05, 0) is 30.7 Å². The Morgan fingerprint density at radius 3 is 2.33 bits per heavy atom.